The number of nitrogens with two attached hydrogens (primary N) is 1. The Hall–Kier alpha value is -2.77. The fourth-order valence-electron chi connectivity index (χ4n) is 1.52. The van der Waals surface area contributed by atoms with E-state index in [1.807, 2.05) is 0 Å². The molecule has 0 amide bonds. The summed E-state index contributed by atoms with van der Waals surface area (Å²) in [4.78, 5) is 11.3. The minimum Gasteiger partial charge on any atom is -0.454 e. The number of hydrogen-bond donors (Lipinski definition) is 3. The van der Waals surface area contributed by atoms with Crippen molar-refractivity contribution in [1.82, 2.24) is 10.2 Å². The van der Waals surface area contributed by atoms with Gasteiger partial charge in [-0.1, -0.05) is 0 Å². The molecule has 0 atom stereocenters. The molecule has 0 saturated heterocycles. The van der Waals surface area contributed by atoms with E-state index < -0.39 is 5.56 Å². The van der Waals surface area contributed by atoms with Crippen LogP contribution in [0.15, 0.2) is 33.2 Å². The number of H-pyrrole nitrogens is 2. The number of azo groups is 1. The van der Waals surface area contributed by atoms with Crippen LogP contribution >= 0.6 is 0 Å². The fraction of sp³-hybridized carbons (Fsp3) is 0.100. The Kier molecular flexibility index (Phi) is 2.26. The van der Waals surface area contributed by atoms with Crippen LogP contribution in [0.2, 0.25) is 0 Å². The van der Waals surface area contributed by atoms with Gasteiger partial charge in [-0.05, 0) is 12.1 Å². The first-order valence-electron chi connectivity index (χ1n) is 5.11. The molecule has 2 heterocycles. The van der Waals surface area contributed by atoms with Gasteiger partial charge in [-0.2, -0.15) is 5.11 Å². The lowest BCUT2D eigenvalue weighted by atomic mass is 10.3. The summed E-state index contributed by atoms with van der Waals surface area (Å²) in [5.74, 6) is 1.40. The number of aromatic amines is 2. The zero-order chi connectivity index (χ0) is 12.5. The molecule has 8 heteroatoms. The number of benzene rings is 1. The van der Waals surface area contributed by atoms with E-state index in [0.717, 1.165) is 0 Å². The van der Waals surface area contributed by atoms with E-state index in [-0.39, 0.29) is 18.3 Å². The lowest BCUT2D eigenvalue weighted by Gasteiger charge is -1.95. The molecule has 0 bridgehead atoms. The molecule has 0 fully saturated rings. The van der Waals surface area contributed by atoms with Crippen molar-refractivity contribution in [3.8, 4) is 11.5 Å². The van der Waals surface area contributed by atoms with E-state index in [1.54, 1.807) is 18.2 Å². The maximum Gasteiger partial charge on any atom is 0.293 e. The average molecular weight is 247 g/mol. The van der Waals surface area contributed by atoms with Crippen molar-refractivity contribution < 1.29 is 9.47 Å². The van der Waals surface area contributed by atoms with E-state index in [4.69, 9.17) is 15.2 Å². The van der Waals surface area contributed by atoms with Crippen molar-refractivity contribution in [2.24, 2.45) is 10.2 Å². The third-order valence-electron chi connectivity index (χ3n) is 2.40. The molecule has 1 aliphatic rings. The summed E-state index contributed by atoms with van der Waals surface area (Å²) in [5, 5.41) is 12.5. The molecule has 0 spiro atoms. The highest BCUT2D eigenvalue weighted by Gasteiger charge is 2.13. The van der Waals surface area contributed by atoms with Gasteiger partial charge in [-0.25, -0.2) is 0 Å². The number of nitrogen functional groups attached to an aromatic ring is 1. The first-order chi connectivity index (χ1) is 8.74. The molecule has 0 unspecified atom stereocenters. The molecule has 0 aliphatic carbocycles. The minimum atomic E-state index is -0.419. The van der Waals surface area contributed by atoms with Crippen molar-refractivity contribution in [2.75, 3.05) is 12.5 Å². The normalized spacial score (nSPS) is 13.3. The number of nitrogens with one attached hydrogen (secondary N) is 2. The van der Waals surface area contributed by atoms with Gasteiger partial charge in [0.15, 0.2) is 17.2 Å². The van der Waals surface area contributed by atoms with E-state index in [1.165, 1.54) is 0 Å². The smallest absolute Gasteiger partial charge is 0.293 e. The van der Waals surface area contributed by atoms with Crippen LogP contribution in [0.4, 0.5) is 17.2 Å². The highest BCUT2D eigenvalue weighted by Crippen LogP contribution is 2.35. The zero-order valence-electron chi connectivity index (χ0n) is 9.14. The van der Waals surface area contributed by atoms with Crippen molar-refractivity contribution >= 4 is 17.2 Å². The summed E-state index contributed by atoms with van der Waals surface area (Å²) in [6, 6.07) is 5.10. The molecule has 92 valence electrons. The first-order valence-corrected chi connectivity index (χ1v) is 5.11. The van der Waals surface area contributed by atoms with Gasteiger partial charge in [0, 0.05) is 6.07 Å². The Morgan fingerprint density at radius 1 is 1.17 bits per heavy atom. The molecule has 8 nitrogen and oxygen atoms in total. The van der Waals surface area contributed by atoms with Gasteiger partial charge in [0.2, 0.25) is 6.79 Å². The number of fused-ring (bicyclic) bond motifs is 1. The Morgan fingerprint density at radius 3 is 2.78 bits per heavy atom. The van der Waals surface area contributed by atoms with E-state index in [2.05, 4.69) is 20.4 Å². The molecule has 18 heavy (non-hydrogen) atoms. The Balaban J connectivity index is 1.91. The van der Waals surface area contributed by atoms with Crippen LogP contribution in [0.5, 0.6) is 11.5 Å². The van der Waals surface area contributed by atoms with Gasteiger partial charge in [0.1, 0.15) is 5.82 Å². The lowest BCUT2D eigenvalue weighted by Crippen LogP contribution is -1.96. The summed E-state index contributed by atoms with van der Waals surface area (Å²) < 4.78 is 10.4. The largest absolute Gasteiger partial charge is 0.454 e. The van der Waals surface area contributed by atoms with Gasteiger partial charge < -0.3 is 15.2 Å². The van der Waals surface area contributed by atoms with Gasteiger partial charge in [0.25, 0.3) is 5.56 Å². The maximum absolute atomic E-state index is 11.3. The van der Waals surface area contributed by atoms with Crippen molar-refractivity contribution in [2.45, 2.75) is 0 Å². The third kappa shape index (κ3) is 1.69. The predicted octanol–water partition coefficient (Wildman–Crippen LogP) is 1.43. The number of nitrogens with zero attached hydrogens (tertiary/aromatic N) is 2. The summed E-state index contributed by atoms with van der Waals surface area (Å²) >= 11 is 0. The highest BCUT2D eigenvalue weighted by molar-refractivity contribution is 5.56. The van der Waals surface area contributed by atoms with Crippen molar-refractivity contribution in [3.05, 3.63) is 28.6 Å². The third-order valence-corrected chi connectivity index (χ3v) is 2.40. The van der Waals surface area contributed by atoms with Gasteiger partial charge in [-0.3, -0.25) is 15.0 Å². The van der Waals surface area contributed by atoms with Crippen molar-refractivity contribution in [3.63, 3.8) is 0 Å². The molecular formula is C10H9N5O3. The van der Waals surface area contributed by atoms with Crippen LogP contribution in [0, 0.1) is 0 Å². The zero-order valence-corrected chi connectivity index (χ0v) is 9.14. The van der Waals surface area contributed by atoms with Crippen LogP contribution in [0.25, 0.3) is 0 Å². The van der Waals surface area contributed by atoms with Crippen molar-refractivity contribution in [1.29, 1.82) is 0 Å². The summed E-state index contributed by atoms with van der Waals surface area (Å²) in [6.07, 6.45) is 0. The number of rotatable bonds is 2. The van der Waals surface area contributed by atoms with Crippen LogP contribution < -0.4 is 20.8 Å². The molecular weight excluding hydrogens is 238 g/mol. The molecule has 1 aromatic heterocycles. The Bertz CT molecular complexity index is 672. The number of hydrogen-bond acceptors (Lipinski definition) is 6. The second-order valence-corrected chi connectivity index (χ2v) is 3.58. The van der Waals surface area contributed by atoms with Gasteiger partial charge >= 0.3 is 0 Å². The van der Waals surface area contributed by atoms with E-state index in [0.29, 0.717) is 17.2 Å². The second-order valence-electron chi connectivity index (χ2n) is 3.58. The van der Waals surface area contributed by atoms with Crippen LogP contribution in [0.1, 0.15) is 0 Å². The minimum absolute atomic E-state index is 0.0488. The average Bonchev–Trinajstić information content (AvgIpc) is 2.94. The SMILES string of the molecule is Nc1[nH][nH]c(=O)c1N=Nc1ccc2c(c1)OCO2. The lowest BCUT2D eigenvalue weighted by molar-refractivity contribution is 0.174. The van der Waals surface area contributed by atoms with Crippen LogP contribution in [-0.2, 0) is 0 Å². The molecule has 2 aromatic rings. The molecule has 1 aromatic carbocycles. The van der Waals surface area contributed by atoms with Crippen LogP contribution in [-0.4, -0.2) is 17.0 Å². The molecule has 1 aliphatic heterocycles. The standard InChI is InChI=1S/C10H9N5O3/c11-9-8(10(16)15-14-9)13-12-5-1-2-6-7(3-5)18-4-17-6/h1-3H,4H2,(H4,11,14,15,16). The highest BCUT2D eigenvalue weighted by atomic mass is 16.7. The molecule has 3 rings (SSSR count). The number of aromatic nitrogens is 2. The fourth-order valence-corrected chi connectivity index (χ4v) is 1.52. The molecule has 0 saturated carbocycles. The maximum atomic E-state index is 11.3. The summed E-state index contributed by atoms with van der Waals surface area (Å²) in [6.45, 7) is 0.195. The van der Waals surface area contributed by atoms with E-state index >= 15 is 0 Å². The number of anilines is 1. The van der Waals surface area contributed by atoms with E-state index in [9.17, 15) is 4.79 Å². The van der Waals surface area contributed by atoms with Crippen LogP contribution in [0.3, 0.4) is 0 Å². The predicted molar refractivity (Wildman–Crippen MR) is 62.6 cm³/mol. The number of ether oxygens (including phenoxy) is 2. The molecule has 4 N–H and O–H groups in total. The molecule has 0 radical (unpaired) electrons. The summed E-state index contributed by atoms with van der Waals surface area (Å²) in [5.41, 5.74) is 5.68. The summed E-state index contributed by atoms with van der Waals surface area (Å²) in [7, 11) is 0. The monoisotopic (exact) mass is 247 g/mol. The van der Waals surface area contributed by atoms with Gasteiger partial charge in [0.05, 0.1) is 5.69 Å². The first kappa shape index (κ1) is 10.4. The Morgan fingerprint density at radius 2 is 2.00 bits per heavy atom. The quantitative estimate of drug-likeness (QED) is 0.695. The topological polar surface area (TPSA) is 118 Å². The Labute approximate surface area is 100 Å². The second kappa shape index (κ2) is 3.91. The van der Waals surface area contributed by atoms with Gasteiger partial charge in [-0.15, -0.1) is 5.11 Å².